The average molecular weight is 365 g/mol. The average Bonchev–Trinajstić information content (AvgIpc) is 2.68. The molecule has 1 fully saturated rings. The maximum absolute atomic E-state index is 12.5. The van der Waals surface area contributed by atoms with Gasteiger partial charge in [-0.05, 0) is 31.0 Å². The van der Waals surface area contributed by atoms with Gasteiger partial charge < -0.3 is 0 Å². The van der Waals surface area contributed by atoms with Crippen molar-refractivity contribution in [3.63, 3.8) is 0 Å². The van der Waals surface area contributed by atoms with E-state index in [9.17, 15) is 31.2 Å². The molecule has 7 nitrogen and oxygen atoms in total. The molecule has 0 atom stereocenters. The number of hydrogen-bond acceptors (Lipinski definition) is 4. The lowest BCUT2D eigenvalue weighted by atomic mass is 10.1. The summed E-state index contributed by atoms with van der Waals surface area (Å²) < 4.78 is 61.6. The second-order valence-electron chi connectivity index (χ2n) is 5.33. The van der Waals surface area contributed by atoms with Crippen LogP contribution in [0.3, 0.4) is 0 Å². The molecule has 11 heteroatoms. The normalized spacial score (nSPS) is 16.1. The van der Waals surface area contributed by atoms with E-state index in [2.05, 4.69) is 0 Å². The van der Waals surface area contributed by atoms with E-state index in [4.69, 9.17) is 0 Å². The number of anilines is 2. The van der Waals surface area contributed by atoms with Crippen molar-refractivity contribution in [2.45, 2.75) is 19.4 Å². The number of amides is 3. The third kappa shape index (κ3) is 3.03. The highest BCUT2D eigenvalue weighted by molar-refractivity contribution is 7.93. The molecule has 0 radical (unpaired) electrons. The van der Waals surface area contributed by atoms with Crippen molar-refractivity contribution in [2.24, 2.45) is 0 Å². The lowest BCUT2D eigenvalue weighted by Gasteiger charge is -2.20. The molecule has 24 heavy (non-hydrogen) atoms. The highest BCUT2D eigenvalue weighted by Gasteiger charge is 2.46. The van der Waals surface area contributed by atoms with Crippen molar-refractivity contribution >= 4 is 33.3 Å². The van der Waals surface area contributed by atoms with E-state index < -0.39 is 27.5 Å². The fourth-order valence-electron chi connectivity index (χ4n) is 2.23. The molecule has 1 aromatic carbocycles. The summed E-state index contributed by atoms with van der Waals surface area (Å²) in [6.45, 7) is 2.75. The monoisotopic (exact) mass is 365 g/mol. The summed E-state index contributed by atoms with van der Waals surface area (Å²) in [5.74, 6) is -0.475. The molecule has 0 spiro atoms. The van der Waals surface area contributed by atoms with Gasteiger partial charge in [0.15, 0.2) is 0 Å². The van der Waals surface area contributed by atoms with E-state index in [-0.39, 0.29) is 23.5 Å². The van der Waals surface area contributed by atoms with Crippen LogP contribution in [-0.4, -0.2) is 44.4 Å². The standard InChI is InChI=1S/C13H14F3N3O4S/c1-7-4-8(2)10(19-6-11(20)18(3)12(19)21)5-9(7)17-24(22,23)13(14,15)16/h4-5,17H,6H2,1-3H3. The predicted octanol–water partition coefficient (Wildman–Crippen LogP) is 1.96. The number of imide groups is 1. The first kappa shape index (κ1) is 18.0. The molecular weight excluding hydrogens is 351 g/mol. The van der Waals surface area contributed by atoms with Crippen LogP contribution in [0.15, 0.2) is 12.1 Å². The largest absolute Gasteiger partial charge is 0.516 e. The number of aryl methyl sites for hydroxylation is 2. The molecule has 0 aliphatic carbocycles. The maximum Gasteiger partial charge on any atom is 0.516 e. The number of nitrogens with one attached hydrogen (secondary N) is 1. The van der Waals surface area contributed by atoms with Gasteiger partial charge in [0.05, 0.1) is 11.4 Å². The number of sulfonamides is 1. The maximum atomic E-state index is 12.5. The molecule has 132 valence electrons. The number of benzene rings is 1. The van der Waals surface area contributed by atoms with E-state index in [1.807, 2.05) is 0 Å². The van der Waals surface area contributed by atoms with E-state index in [0.29, 0.717) is 5.56 Å². The second-order valence-corrected chi connectivity index (χ2v) is 7.00. The van der Waals surface area contributed by atoms with Gasteiger partial charge >= 0.3 is 21.6 Å². The van der Waals surface area contributed by atoms with Crippen molar-refractivity contribution < 1.29 is 31.2 Å². The van der Waals surface area contributed by atoms with Crippen LogP contribution in [-0.2, 0) is 14.8 Å². The Morgan fingerprint density at radius 2 is 1.71 bits per heavy atom. The fraction of sp³-hybridized carbons (Fsp3) is 0.385. The Hall–Kier alpha value is -2.30. The van der Waals surface area contributed by atoms with Gasteiger partial charge in [0.2, 0.25) is 5.91 Å². The fourth-order valence-corrected chi connectivity index (χ4v) is 2.85. The van der Waals surface area contributed by atoms with Crippen LogP contribution in [0.5, 0.6) is 0 Å². The van der Waals surface area contributed by atoms with Crippen molar-refractivity contribution in [3.05, 3.63) is 23.3 Å². The minimum Gasteiger partial charge on any atom is -0.284 e. The molecule has 0 bridgehead atoms. The van der Waals surface area contributed by atoms with Gasteiger partial charge in [-0.1, -0.05) is 6.07 Å². The minimum atomic E-state index is -5.59. The summed E-state index contributed by atoms with van der Waals surface area (Å²) in [6.07, 6.45) is 0. The summed E-state index contributed by atoms with van der Waals surface area (Å²) >= 11 is 0. The van der Waals surface area contributed by atoms with Gasteiger partial charge in [-0.2, -0.15) is 21.6 Å². The second kappa shape index (κ2) is 5.65. The zero-order valence-electron chi connectivity index (χ0n) is 12.9. The van der Waals surface area contributed by atoms with E-state index in [0.717, 1.165) is 15.9 Å². The smallest absolute Gasteiger partial charge is 0.284 e. The Balaban J connectivity index is 2.47. The van der Waals surface area contributed by atoms with E-state index >= 15 is 0 Å². The molecule has 1 aromatic rings. The number of hydrogen-bond donors (Lipinski definition) is 1. The third-order valence-electron chi connectivity index (χ3n) is 3.57. The number of alkyl halides is 3. The molecule has 1 N–H and O–H groups in total. The van der Waals surface area contributed by atoms with Crippen LogP contribution in [0.25, 0.3) is 0 Å². The SMILES string of the molecule is Cc1cc(C)c(N2CC(=O)N(C)C2=O)cc1NS(=O)(=O)C(F)(F)F. The summed E-state index contributed by atoms with van der Waals surface area (Å²) in [5, 5.41) is 0. The van der Waals surface area contributed by atoms with Gasteiger partial charge in [0.1, 0.15) is 6.54 Å². The zero-order chi connectivity index (χ0) is 18.4. The number of carbonyl (C=O) groups is 2. The molecule has 0 saturated carbocycles. The lowest BCUT2D eigenvalue weighted by molar-refractivity contribution is -0.123. The van der Waals surface area contributed by atoms with Crippen molar-refractivity contribution in [2.75, 3.05) is 23.2 Å². The van der Waals surface area contributed by atoms with E-state index in [1.165, 1.54) is 24.8 Å². The summed E-state index contributed by atoms with van der Waals surface area (Å²) in [5.41, 5.74) is -4.87. The lowest BCUT2D eigenvalue weighted by Crippen LogP contribution is -2.31. The van der Waals surface area contributed by atoms with Crippen LogP contribution < -0.4 is 9.62 Å². The Labute approximate surface area is 136 Å². The zero-order valence-corrected chi connectivity index (χ0v) is 13.7. The van der Waals surface area contributed by atoms with Gasteiger partial charge in [0.25, 0.3) is 0 Å². The Morgan fingerprint density at radius 3 is 2.17 bits per heavy atom. The molecule has 3 amide bonds. The molecule has 1 saturated heterocycles. The molecular formula is C13H14F3N3O4S. The summed E-state index contributed by atoms with van der Waals surface area (Å²) in [7, 11) is -4.31. The first-order valence-corrected chi connectivity index (χ1v) is 8.12. The topological polar surface area (TPSA) is 86.8 Å². The predicted molar refractivity (Wildman–Crippen MR) is 80.0 cm³/mol. The molecule has 2 rings (SSSR count). The number of nitrogens with zero attached hydrogens (tertiary/aromatic N) is 2. The first-order chi connectivity index (χ1) is 10.8. The first-order valence-electron chi connectivity index (χ1n) is 6.63. The Kier molecular flexibility index (Phi) is 4.25. The van der Waals surface area contributed by atoms with Crippen LogP contribution in [0.1, 0.15) is 11.1 Å². The number of urea groups is 1. The Morgan fingerprint density at radius 1 is 1.12 bits per heavy atom. The van der Waals surface area contributed by atoms with Crippen LogP contribution in [0.2, 0.25) is 0 Å². The quantitative estimate of drug-likeness (QED) is 0.830. The van der Waals surface area contributed by atoms with Gasteiger partial charge in [-0.25, -0.2) is 4.79 Å². The number of carbonyl (C=O) groups excluding carboxylic acids is 2. The highest BCUT2D eigenvalue weighted by Crippen LogP contribution is 2.33. The third-order valence-corrected chi connectivity index (χ3v) is 4.67. The van der Waals surface area contributed by atoms with Gasteiger partial charge in [-0.15, -0.1) is 0 Å². The summed E-state index contributed by atoms with van der Waals surface area (Å²) in [4.78, 5) is 25.6. The summed E-state index contributed by atoms with van der Waals surface area (Å²) in [6, 6.07) is 1.90. The van der Waals surface area contributed by atoms with Crippen molar-refractivity contribution in [1.82, 2.24) is 4.90 Å². The number of rotatable bonds is 3. The molecule has 0 unspecified atom stereocenters. The van der Waals surface area contributed by atoms with Crippen LogP contribution >= 0.6 is 0 Å². The van der Waals surface area contributed by atoms with Gasteiger partial charge in [-0.3, -0.25) is 19.3 Å². The molecule has 0 aromatic heterocycles. The van der Waals surface area contributed by atoms with Gasteiger partial charge in [0, 0.05) is 7.05 Å². The molecule has 1 heterocycles. The van der Waals surface area contributed by atoms with Crippen LogP contribution in [0.4, 0.5) is 29.3 Å². The number of likely N-dealkylation sites (N-methyl/N-ethyl adjacent to an activating group) is 1. The number of halogens is 3. The molecule has 1 aliphatic heterocycles. The Bertz CT molecular complexity index is 820. The van der Waals surface area contributed by atoms with E-state index in [1.54, 1.807) is 6.92 Å². The van der Waals surface area contributed by atoms with Crippen molar-refractivity contribution in [1.29, 1.82) is 0 Å². The minimum absolute atomic E-state index is 0.156. The van der Waals surface area contributed by atoms with Crippen molar-refractivity contribution in [3.8, 4) is 0 Å². The highest BCUT2D eigenvalue weighted by atomic mass is 32.2. The van der Waals surface area contributed by atoms with Crippen LogP contribution in [0, 0.1) is 13.8 Å². The molecule has 1 aliphatic rings.